The maximum atomic E-state index is 11.6. The number of carboxylic acid groups (broad SMARTS) is 2. The smallest absolute Gasteiger partial charge is 0.408 e. The fraction of sp³-hybridized carbons (Fsp3) is 0.429. The lowest BCUT2D eigenvalue weighted by molar-refractivity contribution is -0.140. The van der Waals surface area contributed by atoms with Crippen LogP contribution in [0.4, 0.5) is 9.59 Å². The number of aliphatic carboxylic acids is 2. The molecule has 4 N–H and O–H groups in total. The first-order valence-electron chi connectivity index (χ1n) is 12.1. The summed E-state index contributed by atoms with van der Waals surface area (Å²) >= 11 is 0. The minimum atomic E-state index is -1.09. The molecule has 0 saturated heterocycles. The van der Waals surface area contributed by atoms with Gasteiger partial charge in [-0.05, 0) is 52.7 Å². The fourth-order valence-corrected chi connectivity index (χ4v) is 3.00. The summed E-state index contributed by atoms with van der Waals surface area (Å²) in [5.41, 5.74) is 0.372. The van der Waals surface area contributed by atoms with Gasteiger partial charge in [0.25, 0.3) is 0 Å². The summed E-state index contributed by atoms with van der Waals surface area (Å²) < 4.78 is 10.1. The molecule has 0 aliphatic carbocycles. The summed E-state index contributed by atoms with van der Waals surface area (Å²) in [5, 5.41) is 22.9. The van der Waals surface area contributed by atoms with Crippen molar-refractivity contribution in [2.45, 2.75) is 77.7 Å². The summed E-state index contributed by atoms with van der Waals surface area (Å²) in [7, 11) is 0. The van der Waals surface area contributed by atoms with Crippen molar-refractivity contribution >= 4 is 24.1 Å². The summed E-state index contributed by atoms with van der Waals surface area (Å²) in [6, 6.07) is 16.2. The van der Waals surface area contributed by atoms with Crippen LogP contribution in [-0.4, -0.2) is 57.6 Å². The van der Waals surface area contributed by atoms with Crippen LogP contribution in [-0.2, 0) is 31.9 Å². The van der Waals surface area contributed by atoms with E-state index in [4.69, 9.17) is 19.7 Å². The van der Waals surface area contributed by atoms with E-state index < -0.39 is 47.4 Å². The normalized spacial score (nSPS) is 12.6. The molecule has 2 rings (SSSR count). The SMILES string of the molecule is CC(C)(C)OC(=O)NC(Cc1ccccc1)C(=O)O.CC(C)(C)OC(=O)NC(Cc1ccccc1)C(=O)O. The van der Waals surface area contributed by atoms with Crippen molar-refractivity contribution in [1.29, 1.82) is 0 Å². The maximum absolute atomic E-state index is 11.6. The number of hydrogen-bond donors (Lipinski definition) is 4. The largest absolute Gasteiger partial charge is 0.480 e. The summed E-state index contributed by atoms with van der Waals surface area (Å²) in [5.74, 6) is -2.18. The van der Waals surface area contributed by atoms with Gasteiger partial charge in [-0.15, -0.1) is 0 Å². The second-order valence-corrected chi connectivity index (χ2v) is 10.5. The molecule has 0 bridgehead atoms. The van der Waals surface area contributed by atoms with Gasteiger partial charge in [-0.25, -0.2) is 19.2 Å². The highest BCUT2D eigenvalue weighted by Gasteiger charge is 2.25. The molecule has 0 fully saturated rings. The molecule has 10 heteroatoms. The van der Waals surface area contributed by atoms with Crippen LogP contribution in [0.5, 0.6) is 0 Å². The second kappa shape index (κ2) is 14.6. The summed E-state index contributed by atoms with van der Waals surface area (Å²) in [6.45, 7) is 10.3. The number of benzene rings is 2. The Hall–Kier alpha value is -4.08. The van der Waals surface area contributed by atoms with Gasteiger partial charge in [-0.1, -0.05) is 60.7 Å². The highest BCUT2D eigenvalue weighted by molar-refractivity contribution is 5.81. The molecule has 2 aromatic carbocycles. The van der Waals surface area contributed by atoms with Crippen LogP contribution in [0.15, 0.2) is 60.7 Å². The summed E-state index contributed by atoms with van der Waals surface area (Å²) in [6.07, 6.45) is -1.02. The Bertz CT molecular complexity index is 959. The molecule has 0 aromatic heterocycles. The third-order valence-corrected chi connectivity index (χ3v) is 4.54. The standard InChI is InChI=1S/2C14H19NO4/c2*1-14(2,3)19-13(18)15-11(12(16)17)9-10-7-5-4-6-8-10/h2*4-8,11H,9H2,1-3H3,(H,15,18)(H,16,17). The van der Waals surface area contributed by atoms with Crippen LogP contribution >= 0.6 is 0 Å². The quantitative estimate of drug-likeness (QED) is 0.392. The molecule has 0 heterocycles. The Labute approximate surface area is 223 Å². The van der Waals surface area contributed by atoms with E-state index in [9.17, 15) is 19.2 Å². The zero-order valence-electron chi connectivity index (χ0n) is 22.7. The van der Waals surface area contributed by atoms with E-state index in [0.717, 1.165) is 11.1 Å². The Balaban J connectivity index is 0.000000380. The van der Waals surface area contributed by atoms with Crippen molar-refractivity contribution in [3.8, 4) is 0 Å². The van der Waals surface area contributed by atoms with Crippen LogP contribution in [0.1, 0.15) is 52.7 Å². The molecule has 0 saturated carbocycles. The third kappa shape index (κ3) is 14.5. The molecule has 2 amide bonds. The van der Waals surface area contributed by atoms with E-state index >= 15 is 0 Å². The van der Waals surface area contributed by atoms with Gasteiger partial charge in [0.05, 0.1) is 0 Å². The van der Waals surface area contributed by atoms with Gasteiger partial charge < -0.3 is 30.3 Å². The first kappa shape index (κ1) is 31.9. The average Bonchev–Trinajstić information content (AvgIpc) is 2.77. The Morgan fingerprint density at radius 3 is 1.16 bits per heavy atom. The number of hydrogen-bond acceptors (Lipinski definition) is 6. The number of carbonyl (C=O) groups is 4. The van der Waals surface area contributed by atoms with Crippen molar-refractivity contribution in [3.05, 3.63) is 71.8 Å². The van der Waals surface area contributed by atoms with E-state index in [0.29, 0.717) is 0 Å². The molecule has 0 spiro atoms. The van der Waals surface area contributed by atoms with Crippen LogP contribution in [0.3, 0.4) is 0 Å². The molecule has 208 valence electrons. The zero-order chi connectivity index (χ0) is 28.9. The zero-order valence-corrected chi connectivity index (χ0v) is 22.7. The first-order chi connectivity index (χ1) is 17.6. The predicted octanol–water partition coefficient (Wildman–Crippen LogP) is 4.41. The molecule has 38 heavy (non-hydrogen) atoms. The van der Waals surface area contributed by atoms with Crippen LogP contribution < -0.4 is 10.6 Å². The highest BCUT2D eigenvalue weighted by atomic mass is 16.6. The van der Waals surface area contributed by atoms with Crippen molar-refractivity contribution in [2.24, 2.45) is 0 Å². The molecule has 2 unspecified atom stereocenters. The van der Waals surface area contributed by atoms with Gasteiger partial charge in [0.1, 0.15) is 23.3 Å². The van der Waals surface area contributed by atoms with Gasteiger partial charge in [-0.3, -0.25) is 0 Å². The van der Waals surface area contributed by atoms with Gasteiger partial charge in [-0.2, -0.15) is 0 Å². The lowest BCUT2D eigenvalue weighted by atomic mass is 10.1. The molecule has 0 aliphatic rings. The lowest BCUT2D eigenvalue weighted by Crippen LogP contribution is -2.44. The van der Waals surface area contributed by atoms with E-state index in [1.165, 1.54) is 0 Å². The van der Waals surface area contributed by atoms with Crippen LogP contribution in [0, 0.1) is 0 Å². The topological polar surface area (TPSA) is 151 Å². The number of rotatable bonds is 8. The molecule has 0 aliphatic heterocycles. The van der Waals surface area contributed by atoms with Crippen LogP contribution in [0.25, 0.3) is 0 Å². The number of carbonyl (C=O) groups excluding carboxylic acids is 2. The minimum Gasteiger partial charge on any atom is -0.480 e. The van der Waals surface area contributed by atoms with E-state index in [1.54, 1.807) is 41.5 Å². The summed E-state index contributed by atoms with van der Waals surface area (Å²) in [4.78, 5) is 45.4. The van der Waals surface area contributed by atoms with E-state index in [1.807, 2.05) is 60.7 Å². The lowest BCUT2D eigenvalue weighted by Gasteiger charge is -2.22. The Morgan fingerprint density at radius 1 is 0.632 bits per heavy atom. The average molecular weight is 531 g/mol. The van der Waals surface area contributed by atoms with E-state index in [-0.39, 0.29) is 12.8 Å². The maximum Gasteiger partial charge on any atom is 0.408 e. The van der Waals surface area contributed by atoms with E-state index in [2.05, 4.69) is 10.6 Å². The fourth-order valence-electron chi connectivity index (χ4n) is 3.00. The third-order valence-electron chi connectivity index (χ3n) is 4.54. The predicted molar refractivity (Wildman–Crippen MR) is 142 cm³/mol. The number of carboxylic acids is 2. The first-order valence-corrected chi connectivity index (χ1v) is 12.1. The number of amides is 2. The van der Waals surface area contributed by atoms with Crippen molar-refractivity contribution < 1.29 is 38.9 Å². The highest BCUT2D eigenvalue weighted by Crippen LogP contribution is 2.10. The monoisotopic (exact) mass is 530 g/mol. The van der Waals surface area contributed by atoms with Gasteiger partial charge >= 0.3 is 24.1 Å². The van der Waals surface area contributed by atoms with Crippen molar-refractivity contribution in [1.82, 2.24) is 10.6 Å². The minimum absolute atomic E-state index is 0.218. The van der Waals surface area contributed by atoms with Gasteiger partial charge in [0.2, 0.25) is 0 Å². The second-order valence-electron chi connectivity index (χ2n) is 10.5. The molecule has 2 atom stereocenters. The van der Waals surface area contributed by atoms with Gasteiger partial charge in [0, 0.05) is 12.8 Å². The Kier molecular flexibility index (Phi) is 12.3. The molecular weight excluding hydrogens is 492 g/mol. The number of nitrogens with one attached hydrogen (secondary N) is 2. The van der Waals surface area contributed by atoms with Crippen LogP contribution in [0.2, 0.25) is 0 Å². The molecule has 10 nitrogen and oxygen atoms in total. The number of alkyl carbamates (subject to hydrolysis) is 2. The van der Waals surface area contributed by atoms with Crippen molar-refractivity contribution in [3.63, 3.8) is 0 Å². The molecule has 2 aromatic rings. The molecular formula is C28H38N2O8. The Morgan fingerprint density at radius 2 is 0.921 bits per heavy atom. The number of ether oxygens (including phenoxy) is 2. The van der Waals surface area contributed by atoms with Crippen molar-refractivity contribution in [2.75, 3.05) is 0 Å². The van der Waals surface area contributed by atoms with Gasteiger partial charge in [0.15, 0.2) is 0 Å². The molecule has 0 radical (unpaired) electrons.